The van der Waals surface area contributed by atoms with E-state index in [0.29, 0.717) is 6.42 Å². The van der Waals surface area contributed by atoms with Gasteiger partial charge >= 0.3 is 0 Å². The molecule has 1 aliphatic carbocycles. The third-order valence-electron chi connectivity index (χ3n) is 4.16. The topological polar surface area (TPSA) is 41.1 Å². The van der Waals surface area contributed by atoms with Crippen LogP contribution in [0, 0.1) is 6.92 Å². The average molecular weight is 321 g/mol. The van der Waals surface area contributed by atoms with Crippen molar-refractivity contribution in [3.8, 4) is 0 Å². The second-order valence-electron chi connectivity index (χ2n) is 6.11. The molecule has 1 fully saturated rings. The summed E-state index contributed by atoms with van der Waals surface area (Å²) in [5.41, 5.74) is 2.10. The Labute approximate surface area is 138 Å². The molecule has 0 radical (unpaired) electrons. The quantitative estimate of drug-likeness (QED) is 0.734. The fraction of sp³-hybridized carbons (Fsp3) is 0.611. The van der Waals surface area contributed by atoms with Gasteiger partial charge in [-0.05, 0) is 63.5 Å². The summed E-state index contributed by atoms with van der Waals surface area (Å²) in [6, 6.07) is 6.41. The fourth-order valence-electron chi connectivity index (χ4n) is 2.86. The lowest BCUT2D eigenvalue weighted by molar-refractivity contribution is -0.116. The van der Waals surface area contributed by atoms with Gasteiger partial charge in [-0.2, -0.15) is 0 Å². The zero-order valence-electron chi connectivity index (χ0n) is 13.8. The molecule has 4 heteroatoms. The lowest BCUT2D eigenvalue weighted by Crippen LogP contribution is -2.15. The Balaban J connectivity index is 1.87. The Morgan fingerprint density at radius 2 is 2.05 bits per heavy atom. The van der Waals surface area contributed by atoms with Gasteiger partial charge in [-0.3, -0.25) is 4.79 Å². The van der Waals surface area contributed by atoms with Crippen molar-refractivity contribution in [2.45, 2.75) is 62.0 Å². The first-order chi connectivity index (χ1) is 10.7. The maximum absolute atomic E-state index is 11.9. The van der Waals surface area contributed by atoms with Gasteiger partial charge in [-0.25, -0.2) is 0 Å². The highest BCUT2D eigenvalue weighted by Crippen LogP contribution is 2.34. The Kier molecular flexibility index (Phi) is 7.26. The first-order valence-electron chi connectivity index (χ1n) is 8.41. The van der Waals surface area contributed by atoms with Gasteiger partial charge < -0.3 is 10.6 Å². The number of hydrogen-bond acceptors (Lipinski definition) is 3. The number of carbonyl (C=O) groups is 1. The molecule has 0 bridgehead atoms. The molecule has 0 atom stereocenters. The number of anilines is 1. The first-order valence-corrected chi connectivity index (χ1v) is 9.29. The summed E-state index contributed by atoms with van der Waals surface area (Å²) < 4.78 is 0. The van der Waals surface area contributed by atoms with Crippen molar-refractivity contribution < 1.29 is 4.79 Å². The predicted molar refractivity (Wildman–Crippen MR) is 95.7 cm³/mol. The van der Waals surface area contributed by atoms with Crippen LogP contribution in [0.15, 0.2) is 23.1 Å². The zero-order chi connectivity index (χ0) is 15.8. The number of amides is 1. The standard InChI is InChI=1S/C18H28N2OS/c1-14-13-16(22-15-7-4-3-5-8-15)10-11-17(14)20-18(21)9-6-12-19-2/h10-11,13,15,19H,3-9,12H2,1-2H3,(H,20,21). The molecule has 1 aromatic rings. The van der Waals surface area contributed by atoms with E-state index in [9.17, 15) is 4.79 Å². The van der Waals surface area contributed by atoms with Crippen LogP contribution in [0.1, 0.15) is 50.5 Å². The molecule has 0 heterocycles. The van der Waals surface area contributed by atoms with E-state index in [0.717, 1.165) is 29.5 Å². The summed E-state index contributed by atoms with van der Waals surface area (Å²) in [5, 5.41) is 6.86. The maximum atomic E-state index is 11.9. The molecule has 0 spiro atoms. The van der Waals surface area contributed by atoms with Crippen LogP contribution in [0.2, 0.25) is 0 Å². The van der Waals surface area contributed by atoms with E-state index in [1.54, 1.807) is 0 Å². The van der Waals surface area contributed by atoms with Crippen molar-refractivity contribution >= 4 is 23.4 Å². The van der Waals surface area contributed by atoms with Crippen molar-refractivity contribution in [3.05, 3.63) is 23.8 Å². The normalized spacial score (nSPS) is 15.7. The summed E-state index contributed by atoms with van der Waals surface area (Å²) in [6.45, 7) is 2.96. The van der Waals surface area contributed by atoms with Crippen LogP contribution in [0.3, 0.4) is 0 Å². The first kappa shape index (κ1) is 17.4. The highest BCUT2D eigenvalue weighted by Gasteiger charge is 2.15. The number of nitrogens with one attached hydrogen (secondary N) is 2. The third-order valence-corrected chi connectivity index (χ3v) is 5.49. The van der Waals surface area contributed by atoms with Crippen LogP contribution in [0.25, 0.3) is 0 Å². The fourth-order valence-corrected chi connectivity index (χ4v) is 4.21. The van der Waals surface area contributed by atoms with Crippen LogP contribution in [0.4, 0.5) is 5.69 Å². The zero-order valence-corrected chi connectivity index (χ0v) is 14.6. The Morgan fingerprint density at radius 1 is 1.27 bits per heavy atom. The highest BCUT2D eigenvalue weighted by molar-refractivity contribution is 8.00. The summed E-state index contributed by atoms with van der Waals surface area (Å²) in [4.78, 5) is 13.2. The van der Waals surface area contributed by atoms with Crippen molar-refractivity contribution in [3.63, 3.8) is 0 Å². The number of thioether (sulfide) groups is 1. The lowest BCUT2D eigenvalue weighted by Gasteiger charge is -2.21. The van der Waals surface area contributed by atoms with Crippen LogP contribution in [0.5, 0.6) is 0 Å². The summed E-state index contributed by atoms with van der Waals surface area (Å²) >= 11 is 2.00. The molecule has 1 aliphatic rings. The molecule has 2 N–H and O–H groups in total. The molecule has 2 rings (SSSR count). The molecule has 122 valence electrons. The summed E-state index contributed by atoms with van der Waals surface area (Å²) in [6.07, 6.45) is 8.26. The number of hydrogen-bond donors (Lipinski definition) is 2. The highest BCUT2D eigenvalue weighted by atomic mass is 32.2. The number of carbonyl (C=O) groups excluding carboxylic acids is 1. The molecular weight excluding hydrogens is 292 g/mol. The largest absolute Gasteiger partial charge is 0.326 e. The van der Waals surface area contributed by atoms with Crippen LogP contribution < -0.4 is 10.6 Å². The number of rotatable bonds is 7. The van der Waals surface area contributed by atoms with E-state index in [4.69, 9.17) is 0 Å². The molecule has 0 unspecified atom stereocenters. The maximum Gasteiger partial charge on any atom is 0.224 e. The van der Waals surface area contributed by atoms with Crippen molar-refractivity contribution in [1.82, 2.24) is 5.32 Å². The minimum absolute atomic E-state index is 0.103. The van der Waals surface area contributed by atoms with Crippen LogP contribution in [-0.4, -0.2) is 24.7 Å². The molecular formula is C18H28N2OS. The minimum atomic E-state index is 0.103. The van der Waals surface area contributed by atoms with E-state index >= 15 is 0 Å². The third kappa shape index (κ3) is 5.65. The Bertz CT molecular complexity index is 484. The molecule has 1 amide bonds. The molecule has 22 heavy (non-hydrogen) atoms. The van der Waals surface area contributed by atoms with E-state index in [1.807, 2.05) is 18.8 Å². The van der Waals surface area contributed by atoms with E-state index in [-0.39, 0.29) is 5.91 Å². The van der Waals surface area contributed by atoms with Gasteiger partial charge in [0.15, 0.2) is 0 Å². The number of aryl methyl sites for hydroxylation is 1. The molecule has 3 nitrogen and oxygen atoms in total. The Hall–Kier alpha value is -1.00. The SMILES string of the molecule is CNCCCC(=O)Nc1ccc(SC2CCCCC2)cc1C. The average Bonchev–Trinajstić information content (AvgIpc) is 2.51. The molecule has 0 aliphatic heterocycles. The van der Waals surface area contributed by atoms with Gasteiger partial charge in [0.1, 0.15) is 0 Å². The van der Waals surface area contributed by atoms with Gasteiger partial charge in [0.05, 0.1) is 0 Å². The minimum Gasteiger partial charge on any atom is -0.326 e. The van der Waals surface area contributed by atoms with E-state index in [2.05, 4.69) is 35.8 Å². The van der Waals surface area contributed by atoms with Gasteiger partial charge in [0.25, 0.3) is 0 Å². The molecule has 1 aromatic carbocycles. The van der Waals surface area contributed by atoms with Gasteiger partial charge in [0.2, 0.25) is 5.91 Å². The van der Waals surface area contributed by atoms with Gasteiger partial charge in [-0.1, -0.05) is 19.3 Å². The summed E-state index contributed by atoms with van der Waals surface area (Å²) in [5.74, 6) is 0.103. The van der Waals surface area contributed by atoms with Crippen molar-refractivity contribution in [2.75, 3.05) is 18.9 Å². The van der Waals surface area contributed by atoms with E-state index in [1.165, 1.54) is 37.0 Å². The monoisotopic (exact) mass is 320 g/mol. The van der Waals surface area contributed by atoms with Crippen molar-refractivity contribution in [1.29, 1.82) is 0 Å². The second-order valence-corrected chi connectivity index (χ2v) is 7.48. The van der Waals surface area contributed by atoms with Gasteiger partial charge in [-0.15, -0.1) is 11.8 Å². The molecule has 0 saturated heterocycles. The van der Waals surface area contributed by atoms with Crippen LogP contribution in [-0.2, 0) is 4.79 Å². The van der Waals surface area contributed by atoms with E-state index < -0.39 is 0 Å². The smallest absolute Gasteiger partial charge is 0.224 e. The number of benzene rings is 1. The molecule has 0 aromatic heterocycles. The van der Waals surface area contributed by atoms with Crippen LogP contribution >= 0.6 is 11.8 Å². The van der Waals surface area contributed by atoms with Gasteiger partial charge in [0, 0.05) is 22.3 Å². The lowest BCUT2D eigenvalue weighted by atomic mass is 10.0. The van der Waals surface area contributed by atoms with Crippen molar-refractivity contribution in [2.24, 2.45) is 0 Å². The second kappa shape index (κ2) is 9.21. The predicted octanol–water partition coefficient (Wildman–Crippen LogP) is 4.36. The summed E-state index contributed by atoms with van der Waals surface area (Å²) in [7, 11) is 1.91. The Morgan fingerprint density at radius 3 is 2.73 bits per heavy atom. The molecule has 1 saturated carbocycles.